The zero-order valence-corrected chi connectivity index (χ0v) is 10.4. The molecule has 0 aliphatic carbocycles. The third kappa shape index (κ3) is 3.80. The van der Waals surface area contributed by atoms with Gasteiger partial charge in [0.1, 0.15) is 5.75 Å². The Morgan fingerprint density at radius 3 is 1.90 bits per heavy atom. The van der Waals surface area contributed by atoms with Crippen molar-refractivity contribution in [3.05, 3.63) is 12.1 Å². The van der Waals surface area contributed by atoms with Crippen LogP contribution in [0.3, 0.4) is 0 Å². The molecule has 0 saturated heterocycles. The normalized spacial score (nSPS) is 9.25. The molecule has 8 nitrogen and oxygen atoms in total. The second kappa shape index (κ2) is 7.52. The van der Waals surface area contributed by atoms with Crippen LogP contribution in [-0.2, 0) is 19.2 Å². The van der Waals surface area contributed by atoms with E-state index >= 15 is 0 Å². The molecule has 0 radical (unpaired) electrons. The van der Waals surface area contributed by atoms with Crippen molar-refractivity contribution in [1.82, 2.24) is 0 Å². The van der Waals surface area contributed by atoms with E-state index in [1.807, 2.05) is 0 Å². The largest absolute Gasteiger partial charge is 0.426 e. The molecule has 0 saturated carbocycles. The maximum Gasteiger partial charge on any atom is 0.310 e. The van der Waals surface area contributed by atoms with Gasteiger partial charge in [-0.25, -0.2) is 0 Å². The molecule has 0 N–H and O–H groups in total. The molecular weight excluding hydrogens is 272 g/mol. The zero-order chi connectivity index (χ0) is 15.0. The van der Waals surface area contributed by atoms with Gasteiger partial charge < -0.3 is 18.9 Å². The molecule has 1 rings (SSSR count). The molecule has 106 valence electrons. The summed E-state index contributed by atoms with van der Waals surface area (Å²) >= 11 is 0. The summed E-state index contributed by atoms with van der Waals surface area (Å²) in [5.74, 6) is -1.38. The Kier molecular flexibility index (Phi) is 5.70. The number of benzene rings is 1. The van der Waals surface area contributed by atoms with Crippen LogP contribution < -0.4 is 18.9 Å². The molecule has 0 amide bonds. The van der Waals surface area contributed by atoms with Gasteiger partial charge in [-0.05, 0) is 0 Å². The van der Waals surface area contributed by atoms with Gasteiger partial charge in [-0.3, -0.25) is 19.2 Å². The Balaban J connectivity index is 3.27. The first kappa shape index (κ1) is 15.2. The van der Waals surface area contributed by atoms with Crippen LogP contribution in [-0.4, -0.2) is 25.4 Å². The highest BCUT2D eigenvalue weighted by molar-refractivity contribution is 5.73. The highest BCUT2D eigenvalue weighted by Crippen LogP contribution is 2.41. The van der Waals surface area contributed by atoms with Gasteiger partial charge in [-0.15, -0.1) is 0 Å². The van der Waals surface area contributed by atoms with E-state index in [0.29, 0.717) is 0 Å². The van der Waals surface area contributed by atoms with Crippen molar-refractivity contribution in [2.24, 2.45) is 0 Å². The first-order chi connectivity index (χ1) is 9.65. The molecule has 1 aromatic carbocycles. The van der Waals surface area contributed by atoms with E-state index in [-0.39, 0.29) is 48.8 Å². The van der Waals surface area contributed by atoms with Crippen molar-refractivity contribution in [2.45, 2.75) is 13.3 Å². The fraction of sp³-hybridized carbons (Fsp3) is 0.167. The van der Waals surface area contributed by atoms with E-state index in [1.165, 1.54) is 0 Å². The lowest BCUT2D eigenvalue weighted by Gasteiger charge is -2.11. The van der Waals surface area contributed by atoms with Gasteiger partial charge in [0.25, 0.3) is 19.4 Å². The fourth-order valence-electron chi connectivity index (χ4n) is 1.26. The van der Waals surface area contributed by atoms with Crippen molar-refractivity contribution in [3.63, 3.8) is 0 Å². The molecule has 0 atom stereocenters. The molecule has 0 aromatic heterocycles. The quantitative estimate of drug-likeness (QED) is 0.388. The average molecular weight is 282 g/mol. The highest BCUT2D eigenvalue weighted by Gasteiger charge is 2.18. The Morgan fingerprint density at radius 1 is 1.00 bits per heavy atom. The van der Waals surface area contributed by atoms with E-state index in [0.717, 1.165) is 12.1 Å². The van der Waals surface area contributed by atoms with Gasteiger partial charge in [0.2, 0.25) is 5.75 Å². The van der Waals surface area contributed by atoms with Crippen molar-refractivity contribution in [3.8, 4) is 23.0 Å². The lowest BCUT2D eigenvalue weighted by molar-refractivity contribution is -0.134. The highest BCUT2D eigenvalue weighted by atomic mass is 16.6. The molecule has 20 heavy (non-hydrogen) atoms. The second-order valence-corrected chi connectivity index (χ2v) is 3.22. The molecule has 0 heterocycles. The lowest BCUT2D eigenvalue weighted by atomic mass is 10.2. The van der Waals surface area contributed by atoms with Gasteiger partial charge in [-0.1, -0.05) is 6.92 Å². The number of carbonyl (C=O) groups excluding carboxylic acids is 4. The molecule has 0 aliphatic rings. The molecule has 8 heteroatoms. The summed E-state index contributed by atoms with van der Waals surface area (Å²) in [4.78, 5) is 42.4. The third-order valence-corrected chi connectivity index (χ3v) is 2.03. The summed E-state index contributed by atoms with van der Waals surface area (Å²) in [5, 5.41) is 0. The van der Waals surface area contributed by atoms with E-state index < -0.39 is 5.97 Å². The molecular formula is C12H10O8. The molecule has 1 aromatic rings. The maximum absolute atomic E-state index is 11.2. The summed E-state index contributed by atoms with van der Waals surface area (Å²) in [7, 11) is 0. The Labute approximate surface area is 113 Å². The second-order valence-electron chi connectivity index (χ2n) is 3.22. The first-order valence-electron chi connectivity index (χ1n) is 5.35. The van der Waals surface area contributed by atoms with Crippen molar-refractivity contribution >= 4 is 25.4 Å². The SMILES string of the molecule is CCC(=O)Oc1cc(OC=O)c(OC=O)c(OC=O)c1. The van der Waals surface area contributed by atoms with E-state index in [4.69, 9.17) is 4.74 Å². The summed E-state index contributed by atoms with van der Waals surface area (Å²) < 4.78 is 18.6. The minimum Gasteiger partial charge on any atom is -0.426 e. The van der Waals surface area contributed by atoms with Gasteiger partial charge in [0, 0.05) is 18.6 Å². The maximum atomic E-state index is 11.2. The van der Waals surface area contributed by atoms with Crippen LogP contribution in [0.4, 0.5) is 0 Å². The predicted molar refractivity (Wildman–Crippen MR) is 62.4 cm³/mol. The number of hydrogen-bond donors (Lipinski definition) is 0. The fourth-order valence-corrected chi connectivity index (χ4v) is 1.26. The van der Waals surface area contributed by atoms with Gasteiger partial charge in [0.15, 0.2) is 11.5 Å². The smallest absolute Gasteiger partial charge is 0.310 e. The minimum absolute atomic E-state index is 0.0381. The number of rotatable bonds is 8. The number of ether oxygens (including phenoxy) is 4. The lowest BCUT2D eigenvalue weighted by Crippen LogP contribution is -2.07. The molecule has 0 fully saturated rings. The zero-order valence-electron chi connectivity index (χ0n) is 10.4. The van der Waals surface area contributed by atoms with Crippen LogP contribution in [0.2, 0.25) is 0 Å². The van der Waals surface area contributed by atoms with Crippen molar-refractivity contribution in [2.75, 3.05) is 0 Å². The third-order valence-electron chi connectivity index (χ3n) is 2.03. The van der Waals surface area contributed by atoms with Crippen LogP contribution in [0.5, 0.6) is 23.0 Å². The van der Waals surface area contributed by atoms with Crippen LogP contribution in [0, 0.1) is 0 Å². The number of carbonyl (C=O) groups is 4. The van der Waals surface area contributed by atoms with Crippen molar-refractivity contribution < 1.29 is 38.1 Å². The summed E-state index contributed by atoms with van der Waals surface area (Å²) in [5.41, 5.74) is 0. The topological polar surface area (TPSA) is 105 Å². The van der Waals surface area contributed by atoms with E-state index in [2.05, 4.69) is 14.2 Å². The monoisotopic (exact) mass is 282 g/mol. The standard InChI is InChI=1S/C12H10O8/c1-2-11(16)20-8-3-9(17-5-13)12(19-7-15)10(4-8)18-6-14/h3-7H,2H2,1H3. The van der Waals surface area contributed by atoms with Gasteiger partial charge in [-0.2, -0.15) is 0 Å². The molecule has 0 unspecified atom stereocenters. The number of esters is 1. The van der Waals surface area contributed by atoms with Crippen LogP contribution >= 0.6 is 0 Å². The molecule has 0 aliphatic heterocycles. The molecule has 0 bridgehead atoms. The Hall–Kier alpha value is -2.90. The van der Waals surface area contributed by atoms with Crippen LogP contribution in [0.1, 0.15) is 13.3 Å². The Bertz CT molecular complexity index is 491. The first-order valence-corrected chi connectivity index (χ1v) is 5.35. The minimum atomic E-state index is -0.553. The summed E-state index contributed by atoms with van der Waals surface area (Å²) in [6.45, 7) is 1.78. The van der Waals surface area contributed by atoms with Crippen LogP contribution in [0.15, 0.2) is 12.1 Å². The van der Waals surface area contributed by atoms with E-state index in [1.54, 1.807) is 6.92 Å². The predicted octanol–water partition coefficient (Wildman–Crippen LogP) is 0.608. The summed E-state index contributed by atoms with van der Waals surface area (Å²) in [6, 6.07) is 2.27. The average Bonchev–Trinajstić information content (AvgIpc) is 2.43. The van der Waals surface area contributed by atoms with Gasteiger partial charge >= 0.3 is 5.97 Å². The Morgan fingerprint density at radius 2 is 1.50 bits per heavy atom. The van der Waals surface area contributed by atoms with Crippen LogP contribution in [0.25, 0.3) is 0 Å². The number of hydrogen-bond acceptors (Lipinski definition) is 8. The van der Waals surface area contributed by atoms with Gasteiger partial charge in [0.05, 0.1) is 0 Å². The van der Waals surface area contributed by atoms with E-state index in [9.17, 15) is 19.2 Å². The summed E-state index contributed by atoms with van der Waals surface area (Å²) in [6.07, 6.45) is 0.111. The molecule has 0 spiro atoms. The van der Waals surface area contributed by atoms with Crippen molar-refractivity contribution in [1.29, 1.82) is 0 Å².